The Morgan fingerprint density at radius 2 is 1.86 bits per heavy atom. The maximum atomic E-state index is 13.0. The van der Waals surface area contributed by atoms with Crippen molar-refractivity contribution in [1.82, 2.24) is 0 Å². The standard InChI is InChI=1S/C24H29NO4/c1-2-3-4-5-6-17-7-9-19-22(14-17)29-21-10-8-18(13-20(21)23(19)28)11-12-24(25,15-26)16-27/h5-10,13-14,26-27H,2-4,11-12,15-16,25H2,1H3/b6-5+. The van der Waals surface area contributed by atoms with Gasteiger partial charge in [-0.05, 0) is 54.7 Å². The van der Waals surface area contributed by atoms with Crippen LogP contribution in [-0.2, 0) is 6.42 Å². The van der Waals surface area contributed by atoms with Gasteiger partial charge in [-0.15, -0.1) is 0 Å². The number of nitrogens with two attached hydrogens (primary N) is 1. The van der Waals surface area contributed by atoms with Crippen LogP contribution in [0.3, 0.4) is 0 Å². The van der Waals surface area contributed by atoms with Crippen molar-refractivity contribution in [3.8, 4) is 0 Å². The van der Waals surface area contributed by atoms with Gasteiger partial charge in [-0.25, -0.2) is 0 Å². The molecule has 0 fully saturated rings. The fourth-order valence-electron chi connectivity index (χ4n) is 3.32. The summed E-state index contributed by atoms with van der Waals surface area (Å²) in [6, 6.07) is 11.1. The van der Waals surface area contributed by atoms with Gasteiger partial charge in [0.15, 0.2) is 0 Å². The molecule has 0 aliphatic rings. The van der Waals surface area contributed by atoms with Crippen LogP contribution in [0.5, 0.6) is 0 Å². The Kier molecular flexibility index (Phi) is 6.85. The van der Waals surface area contributed by atoms with E-state index in [1.54, 1.807) is 6.07 Å². The van der Waals surface area contributed by atoms with Crippen LogP contribution >= 0.6 is 0 Å². The predicted octanol–water partition coefficient (Wildman–Crippen LogP) is 3.76. The Morgan fingerprint density at radius 3 is 2.59 bits per heavy atom. The van der Waals surface area contributed by atoms with Crippen molar-refractivity contribution >= 4 is 28.0 Å². The summed E-state index contributed by atoms with van der Waals surface area (Å²) in [6.45, 7) is 1.58. The van der Waals surface area contributed by atoms with Gasteiger partial charge in [0.2, 0.25) is 5.43 Å². The van der Waals surface area contributed by atoms with Gasteiger partial charge in [0, 0.05) is 0 Å². The number of benzene rings is 2. The molecule has 0 radical (unpaired) electrons. The van der Waals surface area contributed by atoms with Crippen molar-refractivity contribution in [1.29, 1.82) is 0 Å². The predicted molar refractivity (Wildman–Crippen MR) is 118 cm³/mol. The lowest BCUT2D eigenvalue weighted by Gasteiger charge is -2.24. The molecule has 5 heteroatoms. The summed E-state index contributed by atoms with van der Waals surface area (Å²) < 4.78 is 6.00. The average Bonchev–Trinajstić information content (AvgIpc) is 2.75. The van der Waals surface area contributed by atoms with E-state index < -0.39 is 5.54 Å². The fourth-order valence-corrected chi connectivity index (χ4v) is 3.32. The molecule has 0 aliphatic carbocycles. The summed E-state index contributed by atoms with van der Waals surface area (Å²) in [5, 5.41) is 19.8. The topological polar surface area (TPSA) is 96.7 Å². The number of unbranched alkanes of at least 4 members (excludes halogenated alkanes) is 2. The van der Waals surface area contributed by atoms with Crippen LogP contribution in [0.4, 0.5) is 0 Å². The van der Waals surface area contributed by atoms with E-state index in [-0.39, 0.29) is 18.6 Å². The summed E-state index contributed by atoms with van der Waals surface area (Å²) in [5.74, 6) is 0. The van der Waals surface area contributed by atoms with Gasteiger partial charge in [0.25, 0.3) is 0 Å². The molecule has 1 aromatic heterocycles. The van der Waals surface area contributed by atoms with Crippen LogP contribution in [0, 0.1) is 0 Å². The number of aliphatic hydroxyl groups excluding tert-OH is 2. The zero-order valence-corrected chi connectivity index (χ0v) is 16.9. The highest BCUT2D eigenvalue weighted by Gasteiger charge is 2.22. The van der Waals surface area contributed by atoms with E-state index in [0.29, 0.717) is 34.8 Å². The number of hydrogen-bond acceptors (Lipinski definition) is 5. The molecule has 29 heavy (non-hydrogen) atoms. The minimum absolute atomic E-state index is 0.0621. The van der Waals surface area contributed by atoms with E-state index in [2.05, 4.69) is 19.1 Å². The van der Waals surface area contributed by atoms with Gasteiger partial charge in [0.05, 0.1) is 29.5 Å². The number of aliphatic hydroxyl groups is 2. The molecule has 4 N–H and O–H groups in total. The summed E-state index contributed by atoms with van der Waals surface area (Å²) >= 11 is 0. The van der Waals surface area contributed by atoms with Gasteiger partial charge in [-0.3, -0.25) is 4.79 Å². The Morgan fingerprint density at radius 1 is 1.07 bits per heavy atom. The van der Waals surface area contributed by atoms with Crippen molar-refractivity contribution in [2.45, 2.75) is 44.6 Å². The van der Waals surface area contributed by atoms with Crippen molar-refractivity contribution < 1.29 is 14.6 Å². The second-order valence-corrected chi connectivity index (χ2v) is 7.74. The molecule has 0 saturated heterocycles. The Labute approximate surface area is 170 Å². The summed E-state index contributed by atoms with van der Waals surface area (Å²) in [6.07, 6.45) is 8.53. The van der Waals surface area contributed by atoms with Gasteiger partial charge in [0.1, 0.15) is 11.2 Å². The number of allylic oxidation sites excluding steroid dienone is 1. The molecule has 0 bridgehead atoms. The molecule has 1 heterocycles. The highest BCUT2D eigenvalue weighted by atomic mass is 16.3. The lowest BCUT2D eigenvalue weighted by Crippen LogP contribution is -2.47. The lowest BCUT2D eigenvalue weighted by atomic mass is 9.93. The maximum Gasteiger partial charge on any atom is 0.200 e. The molecule has 0 saturated carbocycles. The van der Waals surface area contributed by atoms with E-state index >= 15 is 0 Å². The van der Waals surface area contributed by atoms with Gasteiger partial charge in [-0.1, -0.05) is 44.1 Å². The molecule has 0 spiro atoms. The van der Waals surface area contributed by atoms with Crippen molar-refractivity contribution in [2.24, 2.45) is 5.73 Å². The molecule has 0 amide bonds. The molecule has 5 nitrogen and oxygen atoms in total. The van der Waals surface area contributed by atoms with Crippen molar-refractivity contribution in [2.75, 3.05) is 13.2 Å². The minimum Gasteiger partial charge on any atom is -0.456 e. The molecular formula is C24H29NO4. The first kappa shape index (κ1) is 21.2. The SMILES string of the molecule is CCCC/C=C/c1ccc2c(=O)c3cc(CCC(N)(CO)CO)ccc3oc2c1. The summed E-state index contributed by atoms with van der Waals surface area (Å²) in [5.41, 5.74) is 7.90. The Bertz CT molecular complexity index is 1060. The third-order valence-electron chi connectivity index (χ3n) is 5.33. The molecule has 154 valence electrons. The first-order valence-corrected chi connectivity index (χ1v) is 10.2. The molecule has 3 rings (SSSR count). The van der Waals surface area contributed by atoms with E-state index in [9.17, 15) is 15.0 Å². The Hall–Kier alpha value is -2.47. The van der Waals surface area contributed by atoms with Gasteiger partial charge < -0.3 is 20.4 Å². The molecule has 2 aromatic carbocycles. The molecule has 0 aliphatic heterocycles. The van der Waals surface area contributed by atoms with E-state index in [1.807, 2.05) is 30.3 Å². The van der Waals surface area contributed by atoms with Crippen LogP contribution in [0.25, 0.3) is 28.0 Å². The highest BCUT2D eigenvalue weighted by molar-refractivity contribution is 5.90. The maximum absolute atomic E-state index is 13.0. The molecule has 0 unspecified atom stereocenters. The third kappa shape index (κ3) is 4.93. The van der Waals surface area contributed by atoms with Crippen LogP contribution in [0.1, 0.15) is 43.7 Å². The quantitative estimate of drug-likeness (QED) is 0.379. The monoisotopic (exact) mass is 395 g/mol. The summed E-state index contributed by atoms with van der Waals surface area (Å²) in [4.78, 5) is 13.0. The van der Waals surface area contributed by atoms with Crippen LogP contribution in [0.15, 0.2) is 51.7 Å². The minimum atomic E-state index is -1.02. The smallest absolute Gasteiger partial charge is 0.200 e. The van der Waals surface area contributed by atoms with E-state index in [4.69, 9.17) is 10.2 Å². The normalized spacial score (nSPS) is 12.4. The molecule has 0 atom stereocenters. The van der Waals surface area contributed by atoms with Crippen molar-refractivity contribution in [3.63, 3.8) is 0 Å². The Balaban J connectivity index is 1.91. The van der Waals surface area contributed by atoms with Crippen molar-refractivity contribution in [3.05, 3.63) is 63.8 Å². The molecule has 3 aromatic rings. The van der Waals surface area contributed by atoms with Crippen LogP contribution < -0.4 is 11.2 Å². The first-order valence-electron chi connectivity index (χ1n) is 10.2. The second-order valence-electron chi connectivity index (χ2n) is 7.74. The first-order chi connectivity index (χ1) is 14.0. The summed E-state index contributed by atoms with van der Waals surface area (Å²) in [7, 11) is 0. The third-order valence-corrected chi connectivity index (χ3v) is 5.33. The van der Waals surface area contributed by atoms with E-state index in [1.165, 1.54) is 0 Å². The van der Waals surface area contributed by atoms with Gasteiger partial charge >= 0.3 is 0 Å². The number of hydrogen-bond donors (Lipinski definition) is 3. The average molecular weight is 395 g/mol. The van der Waals surface area contributed by atoms with Crippen LogP contribution in [0.2, 0.25) is 0 Å². The largest absolute Gasteiger partial charge is 0.456 e. The second kappa shape index (κ2) is 9.35. The fraction of sp³-hybridized carbons (Fsp3) is 0.375. The number of aryl methyl sites for hydroxylation is 1. The molecular weight excluding hydrogens is 366 g/mol. The number of fused-ring (bicyclic) bond motifs is 2. The zero-order valence-electron chi connectivity index (χ0n) is 16.9. The zero-order chi connectivity index (χ0) is 20.9. The van der Waals surface area contributed by atoms with Crippen LogP contribution in [-0.4, -0.2) is 29.0 Å². The lowest BCUT2D eigenvalue weighted by molar-refractivity contribution is 0.115. The van der Waals surface area contributed by atoms with E-state index in [0.717, 1.165) is 30.4 Å². The number of rotatable bonds is 9. The van der Waals surface area contributed by atoms with Gasteiger partial charge in [-0.2, -0.15) is 0 Å². The highest BCUT2D eigenvalue weighted by Crippen LogP contribution is 2.22.